The molecule has 0 spiro atoms. The Morgan fingerprint density at radius 1 is 1.50 bits per heavy atom. The van der Waals surface area contributed by atoms with Crippen LogP contribution in [0.4, 0.5) is 0 Å². The zero-order valence-corrected chi connectivity index (χ0v) is 2.72. The molecule has 0 heterocycles. The maximum absolute atomic E-state index is 8.58. The molecule has 0 bridgehead atoms. The Kier molecular flexibility index (Phi) is 136000. The third-order valence-corrected chi connectivity index (χ3v) is 0. The van der Waals surface area contributed by atoms with Crippen molar-refractivity contribution in [2.24, 2.45) is 5.73 Å². The molecule has 0 aliphatic carbocycles. The highest BCUT2D eigenvalue weighted by molar-refractivity contribution is 5.42. The molecule has 2 N–H and O–H groups in total. The van der Waals surface area contributed by atoms with Gasteiger partial charge < -0.3 is 5.73 Å². The van der Waals surface area contributed by atoms with Gasteiger partial charge in [-0.15, -0.1) is 12.8 Å². The van der Waals surface area contributed by atoms with E-state index in [1.165, 1.54) is 0 Å². The average molecular weight is 87.1 g/mol. The van der Waals surface area contributed by atoms with E-state index in [0.29, 0.717) is 0 Å². The van der Waals surface area contributed by atoms with Crippen LogP contribution in [0, 0.1) is 12.8 Å². The van der Waals surface area contributed by atoms with Crippen molar-refractivity contribution in [3.8, 4) is 12.8 Å². The summed E-state index contributed by atoms with van der Waals surface area (Å²) in [6, 6.07) is 0. The number of terminal acetylenes is 1. The molecule has 0 rings (SSSR count). The van der Waals surface area contributed by atoms with Crippen LogP contribution in [0.3, 0.4) is 0 Å². The lowest BCUT2D eigenvalue weighted by molar-refractivity contribution is -0.106. The van der Waals surface area contributed by atoms with Gasteiger partial charge in [-0.2, -0.15) is 0 Å². The van der Waals surface area contributed by atoms with Crippen molar-refractivity contribution >= 4 is 6.41 Å². The number of carbonyl (C=O) groups is 1. The van der Waals surface area contributed by atoms with Crippen LogP contribution in [0.25, 0.3) is 0 Å². The highest BCUT2D eigenvalue weighted by Crippen LogP contribution is 0.798. The van der Waals surface area contributed by atoms with E-state index in [0.717, 1.165) is 0 Å². The predicted molar refractivity (Wildman–Crippen MR) is 26.9 cm³/mol. The van der Waals surface area contributed by atoms with Crippen molar-refractivity contribution in [3.05, 3.63) is 0 Å². The van der Waals surface area contributed by atoms with Gasteiger partial charge >= 0.3 is 0 Å². The van der Waals surface area contributed by atoms with Gasteiger partial charge in [0.2, 0.25) is 6.41 Å². The average Bonchev–Trinajstić information content (AvgIpc) is 1.46. The molecule has 0 aliphatic heterocycles. The lowest BCUT2D eigenvalue weighted by Gasteiger charge is -1.32. The summed E-state index contributed by atoms with van der Waals surface area (Å²) >= 11 is 0. The van der Waals surface area contributed by atoms with Crippen LogP contribution in [0.5, 0.6) is 0 Å². The quantitative estimate of drug-likeness (QED) is 0.327. The summed E-state index contributed by atoms with van der Waals surface area (Å²) in [7, 11) is 0. The lowest BCUT2D eigenvalue weighted by atomic mass is 11.4. The molecule has 36 valence electrons. The van der Waals surface area contributed by atoms with Crippen molar-refractivity contribution in [1.29, 1.82) is 0 Å². The minimum Gasteiger partial charge on any atom is -0.372 e. The molecule has 0 aromatic heterocycles. The summed E-state index contributed by atoms with van der Waals surface area (Å²) < 4.78 is 0. The second-order valence-electron chi connectivity index (χ2n) is 0.136. The Hall–Kier alpha value is -0.970. The van der Waals surface area contributed by atoms with E-state index in [2.05, 4.69) is 18.6 Å². The molecule has 0 unspecified atom stereocenters. The van der Waals surface area contributed by atoms with E-state index in [4.69, 9.17) is 4.79 Å². The van der Waals surface area contributed by atoms with Crippen LogP contribution in [0.15, 0.2) is 0 Å². The zero-order valence-electron chi connectivity index (χ0n) is 2.72. The molecule has 0 saturated carbocycles. The highest BCUT2D eigenvalue weighted by Gasteiger charge is 1.19. The Morgan fingerprint density at radius 3 is 1.50 bits per heavy atom. The number of nitrogens with two attached hydrogens (primary N) is 1. The molecule has 2 nitrogen and oxygen atoms in total. The van der Waals surface area contributed by atoms with Crippen LogP contribution >= 0.6 is 0 Å². The van der Waals surface area contributed by atoms with E-state index in [-0.39, 0.29) is 13.8 Å². The standard InChI is InChI=1S/C2H2.CH3NO.CH4/c1-2;2-1-3;/h1-2H;1H,(H2,2,3);1H4. The molecule has 0 aromatic carbocycles. The first-order valence-electron chi connectivity index (χ1n) is 0.902. The van der Waals surface area contributed by atoms with E-state index in [1.807, 2.05) is 0 Å². The molecular formula is C4H9NO. The fraction of sp³-hybridized carbons (Fsp3) is 0.250. The van der Waals surface area contributed by atoms with Crippen LogP contribution in [0.1, 0.15) is 7.43 Å². The van der Waals surface area contributed by atoms with Crippen molar-refractivity contribution in [3.63, 3.8) is 0 Å². The molecule has 0 fully saturated rings. The number of hydrogen-bond acceptors (Lipinski definition) is 1. The minimum atomic E-state index is 0. The topological polar surface area (TPSA) is 43.1 Å². The summed E-state index contributed by atoms with van der Waals surface area (Å²) in [5, 5.41) is 0. The number of rotatable bonds is 0. The van der Waals surface area contributed by atoms with Gasteiger partial charge in [0.05, 0.1) is 0 Å². The van der Waals surface area contributed by atoms with Gasteiger partial charge in [0, 0.05) is 0 Å². The van der Waals surface area contributed by atoms with Crippen LogP contribution in [-0.2, 0) is 4.79 Å². The van der Waals surface area contributed by atoms with E-state index in [9.17, 15) is 0 Å². The smallest absolute Gasteiger partial charge is 0.204 e. The fourth-order valence-electron chi connectivity index (χ4n) is 0. The SMILES string of the molecule is C.C#C.NC=O. The first kappa shape index (κ1) is 19.8. The van der Waals surface area contributed by atoms with Crippen LogP contribution < -0.4 is 5.73 Å². The largest absolute Gasteiger partial charge is 0.372 e. The molecule has 2 heteroatoms. The molecule has 0 aliphatic rings. The third-order valence-electron chi connectivity index (χ3n) is 0. The van der Waals surface area contributed by atoms with E-state index >= 15 is 0 Å². The minimum absolute atomic E-state index is 0. The van der Waals surface area contributed by atoms with Gasteiger partial charge in [0.25, 0.3) is 0 Å². The number of amides is 1. The Labute approximate surface area is 38.3 Å². The maximum Gasteiger partial charge on any atom is 0.204 e. The monoisotopic (exact) mass is 87.1 g/mol. The Morgan fingerprint density at radius 2 is 1.50 bits per heavy atom. The third kappa shape index (κ3) is 13.3. The lowest BCUT2D eigenvalue weighted by Crippen LogP contribution is -1.82. The normalized spacial score (nSPS) is 2.33. The zero-order chi connectivity index (χ0) is 4.71. The van der Waals surface area contributed by atoms with Crippen molar-refractivity contribution < 1.29 is 4.79 Å². The molecule has 0 radical (unpaired) electrons. The number of hydrogen-bond donors (Lipinski definition) is 1. The Bertz CT molecular complexity index is 31.8. The molecule has 0 saturated heterocycles. The number of primary amides is 1. The van der Waals surface area contributed by atoms with Crippen LogP contribution in [-0.4, -0.2) is 6.41 Å². The maximum atomic E-state index is 8.58. The van der Waals surface area contributed by atoms with Gasteiger partial charge in [-0.1, -0.05) is 7.43 Å². The molecule has 0 atom stereocenters. The summed E-state index contributed by atoms with van der Waals surface area (Å²) in [5.74, 6) is 0. The highest BCUT2D eigenvalue weighted by atomic mass is 16.1. The summed E-state index contributed by atoms with van der Waals surface area (Å²) in [6.07, 6.45) is 8.25. The van der Waals surface area contributed by atoms with E-state index in [1.54, 1.807) is 0 Å². The fourth-order valence-corrected chi connectivity index (χ4v) is 0. The molecule has 0 aromatic rings. The van der Waals surface area contributed by atoms with Gasteiger partial charge in [-0.05, 0) is 0 Å². The number of carbonyl (C=O) groups excluding carboxylic acids is 1. The molecule has 6 heavy (non-hydrogen) atoms. The first-order chi connectivity index (χ1) is 2.41. The summed E-state index contributed by atoms with van der Waals surface area (Å²) in [4.78, 5) is 8.58. The second kappa shape index (κ2) is 41100. The van der Waals surface area contributed by atoms with Gasteiger partial charge in [0.1, 0.15) is 0 Å². The Balaban J connectivity index is -0.0000000275. The molecular weight excluding hydrogens is 78.0 g/mol. The van der Waals surface area contributed by atoms with Crippen molar-refractivity contribution in [1.82, 2.24) is 0 Å². The van der Waals surface area contributed by atoms with Gasteiger partial charge in [0.15, 0.2) is 0 Å². The van der Waals surface area contributed by atoms with E-state index < -0.39 is 0 Å². The summed E-state index contributed by atoms with van der Waals surface area (Å²) in [6.45, 7) is 0. The first-order valence-corrected chi connectivity index (χ1v) is 0.902. The van der Waals surface area contributed by atoms with Gasteiger partial charge in [-0.25, -0.2) is 0 Å². The van der Waals surface area contributed by atoms with Crippen molar-refractivity contribution in [2.45, 2.75) is 7.43 Å². The molecule has 1 amide bonds. The van der Waals surface area contributed by atoms with Crippen LogP contribution in [0.2, 0.25) is 0 Å². The summed E-state index contributed by atoms with van der Waals surface area (Å²) in [5.41, 5.74) is 4.17. The predicted octanol–water partition coefficient (Wildman–Crippen LogP) is -0.0130. The van der Waals surface area contributed by atoms with Gasteiger partial charge in [-0.3, -0.25) is 4.79 Å². The van der Waals surface area contributed by atoms with Crippen molar-refractivity contribution in [2.75, 3.05) is 0 Å². The second-order valence-corrected chi connectivity index (χ2v) is 0.136.